The summed E-state index contributed by atoms with van der Waals surface area (Å²) in [5.41, 5.74) is 4.36. The maximum atomic E-state index is 12.4. The molecule has 0 saturated carbocycles. The number of benzene rings is 2. The highest BCUT2D eigenvalue weighted by Crippen LogP contribution is 2.23. The predicted molar refractivity (Wildman–Crippen MR) is 98.1 cm³/mol. The van der Waals surface area contributed by atoms with Gasteiger partial charge in [-0.25, -0.2) is 0 Å². The van der Waals surface area contributed by atoms with Crippen LogP contribution in [0.15, 0.2) is 48.2 Å². The van der Waals surface area contributed by atoms with E-state index in [4.69, 9.17) is 11.6 Å². The summed E-state index contributed by atoms with van der Waals surface area (Å²) in [6, 6.07) is 13.0. The molecule has 0 aliphatic heterocycles. The van der Waals surface area contributed by atoms with Crippen LogP contribution in [0, 0.1) is 32.1 Å². The molecule has 2 rings (SSSR count). The molecule has 0 aliphatic carbocycles. The fourth-order valence-electron chi connectivity index (χ4n) is 2.43. The number of rotatable bonds is 4. The molecule has 0 fully saturated rings. The first-order chi connectivity index (χ1) is 11.4. The van der Waals surface area contributed by atoms with Gasteiger partial charge in [0.25, 0.3) is 5.91 Å². The molecular weight excluding hydrogens is 322 g/mol. The Balaban J connectivity index is 2.20. The summed E-state index contributed by atoms with van der Waals surface area (Å²) in [7, 11) is 0. The van der Waals surface area contributed by atoms with Crippen LogP contribution < -0.4 is 10.6 Å². The molecule has 0 aromatic heterocycles. The molecule has 5 heteroatoms. The van der Waals surface area contributed by atoms with Crippen molar-refractivity contribution in [2.45, 2.75) is 20.8 Å². The Bertz CT molecular complexity index is 827. The maximum Gasteiger partial charge on any atom is 0.267 e. The lowest BCUT2D eigenvalue weighted by Crippen LogP contribution is -2.16. The van der Waals surface area contributed by atoms with Gasteiger partial charge in [0.1, 0.15) is 11.6 Å². The molecule has 1 amide bonds. The van der Waals surface area contributed by atoms with Crippen LogP contribution in [0.1, 0.15) is 16.7 Å². The van der Waals surface area contributed by atoms with Gasteiger partial charge < -0.3 is 10.6 Å². The highest BCUT2D eigenvalue weighted by molar-refractivity contribution is 6.33. The largest absolute Gasteiger partial charge is 0.359 e. The van der Waals surface area contributed by atoms with E-state index in [0.29, 0.717) is 10.7 Å². The smallest absolute Gasteiger partial charge is 0.267 e. The third-order valence-electron chi connectivity index (χ3n) is 3.53. The Hall–Kier alpha value is -2.77. The van der Waals surface area contributed by atoms with E-state index >= 15 is 0 Å². The van der Waals surface area contributed by atoms with Crippen molar-refractivity contribution in [3.05, 3.63) is 69.9 Å². The van der Waals surface area contributed by atoms with Crippen molar-refractivity contribution in [2.75, 3.05) is 10.6 Å². The molecular formula is C19H18ClN3O. The number of para-hydroxylation sites is 1. The number of amides is 1. The third kappa shape index (κ3) is 4.15. The first-order valence-corrected chi connectivity index (χ1v) is 7.80. The Kier molecular flexibility index (Phi) is 5.62. The molecule has 0 atom stereocenters. The molecule has 0 aliphatic rings. The summed E-state index contributed by atoms with van der Waals surface area (Å²) in [5.74, 6) is -0.466. The molecule has 2 aromatic rings. The Morgan fingerprint density at radius 3 is 2.38 bits per heavy atom. The van der Waals surface area contributed by atoms with Crippen molar-refractivity contribution in [3.8, 4) is 6.07 Å². The summed E-state index contributed by atoms with van der Waals surface area (Å²) in [4.78, 5) is 12.4. The zero-order valence-electron chi connectivity index (χ0n) is 13.8. The van der Waals surface area contributed by atoms with Crippen LogP contribution in [0.25, 0.3) is 0 Å². The van der Waals surface area contributed by atoms with E-state index in [-0.39, 0.29) is 5.57 Å². The number of nitriles is 1. The second kappa shape index (κ2) is 7.67. The van der Waals surface area contributed by atoms with Crippen molar-refractivity contribution in [1.82, 2.24) is 0 Å². The van der Waals surface area contributed by atoms with Crippen LogP contribution in [-0.4, -0.2) is 5.91 Å². The van der Waals surface area contributed by atoms with E-state index in [0.717, 1.165) is 22.4 Å². The SMILES string of the molecule is Cc1cc(C)c(NC(=O)/C(C#N)=C\Nc2ccccc2Cl)c(C)c1. The average Bonchev–Trinajstić information content (AvgIpc) is 2.53. The Morgan fingerprint density at radius 1 is 1.17 bits per heavy atom. The van der Waals surface area contributed by atoms with Crippen LogP contribution >= 0.6 is 11.6 Å². The van der Waals surface area contributed by atoms with Gasteiger partial charge in [0.15, 0.2) is 0 Å². The van der Waals surface area contributed by atoms with Gasteiger partial charge in [0, 0.05) is 11.9 Å². The monoisotopic (exact) mass is 339 g/mol. The fraction of sp³-hybridized carbons (Fsp3) is 0.158. The van der Waals surface area contributed by atoms with Gasteiger partial charge in [-0.15, -0.1) is 0 Å². The number of nitrogens with zero attached hydrogens (tertiary/aromatic N) is 1. The van der Waals surface area contributed by atoms with Crippen LogP contribution in [-0.2, 0) is 4.79 Å². The predicted octanol–water partition coefficient (Wildman–Crippen LogP) is 4.72. The van der Waals surface area contributed by atoms with Gasteiger partial charge in [-0.3, -0.25) is 4.79 Å². The highest BCUT2D eigenvalue weighted by Gasteiger charge is 2.13. The van der Waals surface area contributed by atoms with Crippen molar-refractivity contribution in [3.63, 3.8) is 0 Å². The van der Waals surface area contributed by atoms with Crippen LogP contribution in [0.4, 0.5) is 11.4 Å². The second-order valence-corrected chi connectivity index (χ2v) is 5.93. The number of hydrogen-bond donors (Lipinski definition) is 2. The van der Waals surface area contributed by atoms with E-state index in [9.17, 15) is 10.1 Å². The van der Waals surface area contributed by atoms with Crippen molar-refractivity contribution < 1.29 is 4.79 Å². The molecule has 24 heavy (non-hydrogen) atoms. The van der Waals surface area contributed by atoms with Gasteiger partial charge in [-0.2, -0.15) is 5.26 Å². The number of aryl methyl sites for hydroxylation is 3. The average molecular weight is 340 g/mol. The van der Waals surface area contributed by atoms with Crippen LogP contribution in [0.5, 0.6) is 0 Å². The summed E-state index contributed by atoms with van der Waals surface area (Å²) >= 11 is 6.04. The molecule has 2 aromatic carbocycles. The minimum absolute atomic E-state index is 0.0331. The lowest BCUT2D eigenvalue weighted by molar-refractivity contribution is -0.112. The summed E-state index contributed by atoms with van der Waals surface area (Å²) in [6.45, 7) is 5.85. The number of carbonyl (C=O) groups is 1. The number of carbonyl (C=O) groups excluding carboxylic acids is 1. The summed E-state index contributed by atoms with van der Waals surface area (Å²) in [5, 5.41) is 15.5. The van der Waals surface area contributed by atoms with E-state index in [1.54, 1.807) is 18.2 Å². The topological polar surface area (TPSA) is 64.9 Å². The minimum Gasteiger partial charge on any atom is -0.359 e. The van der Waals surface area contributed by atoms with Gasteiger partial charge in [0.2, 0.25) is 0 Å². The normalized spacial score (nSPS) is 10.9. The molecule has 0 saturated heterocycles. The standard InChI is InChI=1S/C19H18ClN3O/c1-12-8-13(2)18(14(3)9-12)23-19(24)15(10-21)11-22-17-7-5-4-6-16(17)20/h4-9,11,22H,1-3H3,(H,23,24)/b15-11-. The fourth-order valence-corrected chi connectivity index (χ4v) is 2.63. The minimum atomic E-state index is -0.466. The Labute approximate surface area is 146 Å². The molecule has 0 radical (unpaired) electrons. The molecule has 2 N–H and O–H groups in total. The van der Waals surface area contributed by atoms with Gasteiger partial charge >= 0.3 is 0 Å². The number of nitrogens with one attached hydrogen (secondary N) is 2. The van der Waals surface area contributed by atoms with Crippen LogP contribution in [0.3, 0.4) is 0 Å². The van der Waals surface area contributed by atoms with E-state index in [1.165, 1.54) is 6.20 Å². The molecule has 0 bridgehead atoms. The zero-order valence-corrected chi connectivity index (χ0v) is 14.5. The van der Waals surface area contributed by atoms with Crippen molar-refractivity contribution in [1.29, 1.82) is 5.26 Å². The third-order valence-corrected chi connectivity index (χ3v) is 3.86. The van der Waals surface area contributed by atoms with Gasteiger partial charge in [-0.05, 0) is 44.0 Å². The van der Waals surface area contributed by atoms with Crippen molar-refractivity contribution >= 4 is 28.9 Å². The Morgan fingerprint density at radius 2 is 1.79 bits per heavy atom. The number of hydrogen-bond acceptors (Lipinski definition) is 3. The first kappa shape index (κ1) is 17.6. The molecule has 0 unspecified atom stereocenters. The lowest BCUT2D eigenvalue weighted by atomic mass is 10.0. The van der Waals surface area contributed by atoms with E-state index in [1.807, 2.05) is 45.0 Å². The highest BCUT2D eigenvalue weighted by atomic mass is 35.5. The lowest BCUT2D eigenvalue weighted by Gasteiger charge is -2.12. The zero-order chi connectivity index (χ0) is 17.7. The van der Waals surface area contributed by atoms with Gasteiger partial charge in [0.05, 0.1) is 10.7 Å². The molecule has 0 spiro atoms. The van der Waals surface area contributed by atoms with E-state index in [2.05, 4.69) is 10.6 Å². The van der Waals surface area contributed by atoms with Crippen molar-refractivity contribution in [2.24, 2.45) is 0 Å². The quantitative estimate of drug-likeness (QED) is 0.625. The number of anilines is 2. The van der Waals surface area contributed by atoms with Gasteiger partial charge in [-0.1, -0.05) is 41.4 Å². The summed E-state index contributed by atoms with van der Waals surface area (Å²) < 4.78 is 0. The summed E-state index contributed by atoms with van der Waals surface area (Å²) in [6.07, 6.45) is 1.36. The van der Waals surface area contributed by atoms with E-state index < -0.39 is 5.91 Å². The molecule has 4 nitrogen and oxygen atoms in total. The molecule has 0 heterocycles. The first-order valence-electron chi connectivity index (χ1n) is 7.43. The number of halogens is 1. The maximum absolute atomic E-state index is 12.4. The second-order valence-electron chi connectivity index (χ2n) is 5.52. The van der Waals surface area contributed by atoms with Crippen LogP contribution in [0.2, 0.25) is 5.02 Å². The molecule has 122 valence electrons.